The van der Waals surface area contributed by atoms with Crippen molar-refractivity contribution in [2.75, 3.05) is 5.73 Å². The molecule has 21 heavy (non-hydrogen) atoms. The third-order valence-electron chi connectivity index (χ3n) is 3.04. The number of alkyl halides is 3. The van der Waals surface area contributed by atoms with Gasteiger partial charge in [0.25, 0.3) is 0 Å². The maximum atomic E-state index is 13.0. The van der Waals surface area contributed by atoms with E-state index in [1.54, 1.807) is 24.3 Å². The number of benzene rings is 1. The van der Waals surface area contributed by atoms with Crippen molar-refractivity contribution < 1.29 is 13.2 Å². The molecule has 0 fully saturated rings. The normalized spacial score (nSPS) is 11.4. The van der Waals surface area contributed by atoms with Crippen LogP contribution in [0.25, 0.3) is 16.9 Å². The number of fused-ring (bicyclic) bond motifs is 1. The Morgan fingerprint density at radius 3 is 2.29 bits per heavy atom. The molecule has 0 radical (unpaired) electrons. The first kappa shape index (κ1) is 15.2. The molecule has 0 unspecified atom stereocenters. The molecule has 0 atom stereocenters. The maximum Gasteiger partial charge on any atom is 0.419 e. The molecule has 0 aliphatic rings. The fourth-order valence-corrected chi connectivity index (χ4v) is 2.12. The van der Waals surface area contributed by atoms with Gasteiger partial charge in [0.2, 0.25) is 0 Å². The van der Waals surface area contributed by atoms with Crippen molar-refractivity contribution >= 4 is 23.9 Å². The van der Waals surface area contributed by atoms with E-state index in [1.165, 1.54) is 16.7 Å². The summed E-state index contributed by atoms with van der Waals surface area (Å²) in [5.41, 5.74) is 5.97. The topological polar surface area (TPSA) is 43.3 Å². The van der Waals surface area contributed by atoms with E-state index in [-0.39, 0.29) is 23.9 Å². The van der Waals surface area contributed by atoms with Crippen LogP contribution in [0, 0.1) is 0 Å². The van der Waals surface area contributed by atoms with Crippen molar-refractivity contribution in [2.45, 2.75) is 6.18 Å². The zero-order valence-corrected chi connectivity index (χ0v) is 11.4. The molecule has 3 nitrogen and oxygen atoms in total. The van der Waals surface area contributed by atoms with Crippen molar-refractivity contribution in [3.63, 3.8) is 0 Å². The molecule has 0 amide bonds. The minimum Gasteiger partial charge on any atom is -0.383 e. The molecular weight excluding hydrogens is 303 g/mol. The molecule has 0 aliphatic carbocycles. The number of anilines is 1. The van der Waals surface area contributed by atoms with E-state index in [9.17, 15) is 13.2 Å². The summed E-state index contributed by atoms with van der Waals surface area (Å²) in [6.45, 7) is 0. The number of nitrogens with zero attached hydrogens (tertiary/aromatic N) is 2. The zero-order valence-electron chi connectivity index (χ0n) is 10.6. The van der Waals surface area contributed by atoms with Crippen molar-refractivity contribution in [1.29, 1.82) is 0 Å². The highest BCUT2D eigenvalue weighted by molar-refractivity contribution is 5.85. The first-order valence-corrected chi connectivity index (χ1v) is 5.87. The van der Waals surface area contributed by atoms with E-state index in [4.69, 9.17) is 5.73 Å². The molecule has 110 valence electrons. The van der Waals surface area contributed by atoms with Crippen LogP contribution in [0.4, 0.5) is 19.0 Å². The zero-order chi connectivity index (χ0) is 14.3. The van der Waals surface area contributed by atoms with E-state index >= 15 is 0 Å². The molecule has 0 saturated carbocycles. The average molecular weight is 314 g/mol. The largest absolute Gasteiger partial charge is 0.419 e. The van der Waals surface area contributed by atoms with E-state index in [1.807, 2.05) is 6.07 Å². The van der Waals surface area contributed by atoms with E-state index in [0.29, 0.717) is 11.3 Å². The van der Waals surface area contributed by atoms with Gasteiger partial charge in [-0.15, -0.1) is 12.4 Å². The van der Waals surface area contributed by atoms with Crippen LogP contribution in [0.1, 0.15) is 5.56 Å². The Hall–Kier alpha value is -2.21. The lowest BCUT2D eigenvalue weighted by molar-refractivity contribution is -0.136. The number of pyridine rings is 1. The summed E-state index contributed by atoms with van der Waals surface area (Å²) in [5, 5.41) is 0. The minimum atomic E-state index is -4.46. The Kier molecular flexibility index (Phi) is 3.82. The van der Waals surface area contributed by atoms with Gasteiger partial charge in [0, 0.05) is 11.8 Å². The van der Waals surface area contributed by atoms with E-state index < -0.39 is 11.7 Å². The molecular formula is C14H11ClF3N3. The summed E-state index contributed by atoms with van der Waals surface area (Å²) in [7, 11) is 0. The Bertz CT molecular complexity index is 766. The standard InChI is InChI=1S/C14H10F3N3.ClH/c15-14(16,17)10-7-4-8-20-12(18)11(19-13(10)20)9-5-2-1-3-6-9;/h1-8H,18H2;1H. The molecule has 3 aromatic rings. The Labute approximate surface area is 124 Å². The van der Waals surface area contributed by atoms with Crippen LogP contribution < -0.4 is 5.73 Å². The van der Waals surface area contributed by atoms with Gasteiger partial charge >= 0.3 is 6.18 Å². The third kappa shape index (κ3) is 2.54. The molecule has 2 N–H and O–H groups in total. The highest BCUT2D eigenvalue weighted by atomic mass is 35.5. The van der Waals surface area contributed by atoms with Crippen LogP contribution in [0.3, 0.4) is 0 Å². The summed E-state index contributed by atoms with van der Waals surface area (Å²) < 4.78 is 40.2. The number of halogens is 4. The molecule has 2 aromatic heterocycles. The molecule has 0 bridgehead atoms. The molecule has 7 heteroatoms. The predicted molar refractivity (Wildman–Crippen MR) is 77.3 cm³/mol. The van der Waals surface area contributed by atoms with Crippen LogP contribution in [-0.2, 0) is 6.18 Å². The second-order valence-electron chi connectivity index (χ2n) is 4.32. The molecule has 0 spiro atoms. The maximum absolute atomic E-state index is 13.0. The van der Waals surface area contributed by atoms with Gasteiger partial charge in [-0.2, -0.15) is 13.2 Å². The second-order valence-corrected chi connectivity index (χ2v) is 4.32. The van der Waals surface area contributed by atoms with Crippen molar-refractivity contribution in [1.82, 2.24) is 9.38 Å². The highest BCUT2D eigenvalue weighted by Crippen LogP contribution is 2.35. The van der Waals surface area contributed by atoms with Gasteiger partial charge in [0.05, 0.1) is 5.56 Å². The number of rotatable bonds is 1. The number of nitrogen functional groups attached to an aromatic ring is 1. The lowest BCUT2D eigenvalue weighted by atomic mass is 10.1. The fourth-order valence-electron chi connectivity index (χ4n) is 2.12. The Balaban J connectivity index is 0.00000161. The van der Waals surface area contributed by atoms with E-state index in [0.717, 1.165) is 6.07 Å². The van der Waals surface area contributed by atoms with Crippen LogP contribution in [0.2, 0.25) is 0 Å². The van der Waals surface area contributed by atoms with Crippen LogP contribution in [0.15, 0.2) is 48.7 Å². The van der Waals surface area contributed by atoms with Gasteiger partial charge < -0.3 is 5.73 Å². The quantitative estimate of drug-likeness (QED) is 0.737. The third-order valence-corrected chi connectivity index (χ3v) is 3.04. The van der Waals surface area contributed by atoms with Crippen molar-refractivity contribution in [3.8, 4) is 11.3 Å². The van der Waals surface area contributed by atoms with E-state index in [2.05, 4.69) is 4.98 Å². The smallest absolute Gasteiger partial charge is 0.383 e. The first-order chi connectivity index (χ1) is 9.48. The lowest BCUT2D eigenvalue weighted by Crippen LogP contribution is -2.07. The summed E-state index contributed by atoms with van der Waals surface area (Å²) >= 11 is 0. The highest BCUT2D eigenvalue weighted by Gasteiger charge is 2.34. The Morgan fingerprint density at radius 2 is 1.67 bits per heavy atom. The van der Waals surface area contributed by atoms with Crippen LogP contribution in [0.5, 0.6) is 0 Å². The number of aromatic nitrogens is 2. The van der Waals surface area contributed by atoms with Crippen LogP contribution >= 0.6 is 12.4 Å². The van der Waals surface area contributed by atoms with Gasteiger partial charge in [-0.25, -0.2) is 4.98 Å². The molecule has 2 heterocycles. The van der Waals surface area contributed by atoms with Crippen molar-refractivity contribution in [3.05, 3.63) is 54.2 Å². The van der Waals surface area contributed by atoms with Gasteiger partial charge in [-0.1, -0.05) is 30.3 Å². The predicted octanol–water partition coefficient (Wildman–Crippen LogP) is 4.02. The lowest BCUT2D eigenvalue weighted by Gasteiger charge is -2.07. The van der Waals surface area contributed by atoms with Crippen LogP contribution in [-0.4, -0.2) is 9.38 Å². The Morgan fingerprint density at radius 1 is 1.00 bits per heavy atom. The first-order valence-electron chi connectivity index (χ1n) is 5.87. The monoisotopic (exact) mass is 313 g/mol. The molecule has 3 rings (SSSR count). The van der Waals surface area contributed by atoms with Gasteiger partial charge in [-0.05, 0) is 12.1 Å². The van der Waals surface area contributed by atoms with Crippen molar-refractivity contribution in [2.24, 2.45) is 0 Å². The van der Waals surface area contributed by atoms with Gasteiger partial charge in [0.15, 0.2) is 5.65 Å². The second kappa shape index (κ2) is 5.29. The van der Waals surface area contributed by atoms with Gasteiger partial charge in [0.1, 0.15) is 11.5 Å². The summed E-state index contributed by atoms with van der Waals surface area (Å²) in [6, 6.07) is 11.2. The molecule has 1 aromatic carbocycles. The minimum absolute atomic E-state index is 0. The summed E-state index contributed by atoms with van der Waals surface area (Å²) in [6.07, 6.45) is -2.99. The molecule has 0 aliphatic heterocycles. The number of nitrogens with two attached hydrogens (primary N) is 1. The molecule has 0 saturated heterocycles. The van der Waals surface area contributed by atoms with Gasteiger partial charge in [-0.3, -0.25) is 4.40 Å². The number of imidazole rings is 1. The average Bonchev–Trinajstić information content (AvgIpc) is 2.76. The number of hydrogen-bond acceptors (Lipinski definition) is 2. The summed E-state index contributed by atoms with van der Waals surface area (Å²) in [5.74, 6) is 0.192. The fraction of sp³-hybridized carbons (Fsp3) is 0.0714. The SMILES string of the molecule is Cl.Nc1c(-c2ccccc2)nc2c(C(F)(F)F)cccn12. The number of hydrogen-bond donors (Lipinski definition) is 1. The summed E-state index contributed by atoms with van der Waals surface area (Å²) in [4.78, 5) is 4.07.